The van der Waals surface area contributed by atoms with Crippen molar-refractivity contribution in [1.29, 1.82) is 5.26 Å². The van der Waals surface area contributed by atoms with Crippen molar-refractivity contribution in [2.75, 3.05) is 0 Å². The van der Waals surface area contributed by atoms with Crippen molar-refractivity contribution in [2.24, 2.45) is 5.92 Å². The number of nitriles is 1. The van der Waals surface area contributed by atoms with Gasteiger partial charge in [0.05, 0.1) is 6.04 Å². The second-order valence-corrected chi connectivity index (χ2v) is 7.92. The molecule has 2 aromatic rings. The van der Waals surface area contributed by atoms with E-state index >= 15 is 0 Å². The van der Waals surface area contributed by atoms with Gasteiger partial charge >= 0.3 is 0 Å². The molecule has 1 amide bonds. The number of hydrogen-bond donors (Lipinski definition) is 1. The Labute approximate surface area is 174 Å². The molecule has 1 aliphatic rings. The van der Waals surface area contributed by atoms with Crippen LogP contribution >= 0.6 is 0 Å². The maximum Gasteiger partial charge on any atom is 0.262 e. The number of unbranched alkanes of at least 4 members (excludes halogenated alkanes) is 3. The summed E-state index contributed by atoms with van der Waals surface area (Å²) >= 11 is 0. The van der Waals surface area contributed by atoms with Crippen LogP contribution in [0.3, 0.4) is 0 Å². The van der Waals surface area contributed by atoms with Gasteiger partial charge in [-0.15, -0.1) is 0 Å². The predicted molar refractivity (Wildman–Crippen MR) is 118 cm³/mol. The van der Waals surface area contributed by atoms with E-state index in [4.69, 9.17) is 0 Å². The molecule has 1 saturated carbocycles. The highest BCUT2D eigenvalue weighted by Crippen LogP contribution is 2.41. The summed E-state index contributed by atoms with van der Waals surface area (Å²) in [5.41, 5.74) is 3.45. The summed E-state index contributed by atoms with van der Waals surface area (Å²) in [7, 11) is 0. The minimum absolute atomic E-state index is 0.0223. The van der Waals surface area contributed by atoms with Gasteiger partial charge < -0.3 is 5.32 Å². The number of hydrogen-bond acceptors (Lipinski definition) is 2. The third kappa shape index (κ3) is 6.32. The van der Waals surface area contributed by atoms with Gasteiger partial charge in [0.25, 0.3) is 5.91 Å². The van der Waals surface area contributed by atoms with Crippen LogP contribution in [0.2, 0.25) is 0 Å². The number of aryl methyl sites for hydroxylation is 1. The van der Waals surface area contributed by atoms with E-state index in [1.807, 2.05) is 42.5 Å². The number of rotatable bonds is 10. The number of nitrogens with one attached hydrogen (secondary N) is 1. The lowest BCUT2D eigenvalue weighted by Crippen LogP contribution is -2.30. The Kier molecular flexibility index (Phi) is 7.64. The summed E-state index contributed by atoms with van der Waals surface area (Å²) < 4.78 is 0. The Balaban J connectivity index is 1.64. The summed E-state index contributed by atoms with van der Waals surface area (Å²) in [4.78, 5) is 12.8. The zero-order valence-corrected chi connectivity index (χ0v) is 17.2. The van der Waals surface area contributed by atoms with E-state index < -0.39 is 0 Å². The Morgan fingerprint density at radius 3 is 2.45 bits per heavy atom. The molecule has 0 aliphatic heterocycles. The predicted octanol–water partition coefficient (Wildman–Crippen LogP) is 5.98. The molecule has 29 heavy (non-hydrogen) atoms. The zero-order chi connectivity index (χ0) is 20.5. The van der Waals surface area contributed by atoms with Gasteiger partial charge in [0, 0.05) is 0 Å². The fraction of sp³-hybridized carbons (Fsp3) is 0.385. The first-order valence-electron chi connectivity index (χ1n) is 10.8. The van der Waals surface area contributed by atoms with Crippen LogP contribution in [0.4, 0.5) is 0 Å². The van der Waals surface area contributed by atoms with Gasteiger partial charge in [-0.05, 0) is 54.4 Å². The van der Waals surface area contributed by atoms with E-state index in [1.54, 1.807) is 6.08 Å². The molecule has 0 radical (unpaired) electrons. The second-order valence-electron chi connectivity index (χ2n) is 7.92. The van der Waals surface area contributed by atoms with E-state index in [2.05, 4.69) is 30.4 Å². The van der Waals surface area contributed by atoms with Gasteiger partial charge in [0.1, 0.15) is 11.6 Å². The first-order chi connectivity index (χ1) is 14.2. The molecule has 150 valence electrons. The van der Waals surface area contributed by atoms with Gasteiger partial charge in [0.2, 0.25) is 0 Å². The molecule has 1 atom stereocenters. The molecule has 1 unspecified atom stereocenters. The normalized spacial score (nSPS) is 14.8. The number of nitrogens with zero attached hydrogens (tertiary/aromatic N) is 1. The molecule has 0 spiro atoms. The minimum Gasteiger partial charge on any atom is -0.344 e. The van der Waals surface area contributed by atoms with Crippen molar-refractivity contribution in [3.63, 3.8) is 0 Å². The van der Waals surface area contributed by atoms with Gasteiger partial charge in [-0.1, -0.05) is 80.8 Å². The molecule has 3 heteroatoms. The number of carbonyl (C=O) groups is 1. The average Bonchev–Trinajstić information content (AvgIpc) is 3.60. The first-order valence-corrected chi connectivity index (χ1v) is 10.8. The van der Waals surface area contributed by atoms with Crippen LogP contribution in [0.15, 0.2) is 60.2 Å². The van der Waals surface area contributed by atoms with Crippen molar-refractivity contribution in [1.82, 2.24) is 5.32 Å². The van der Waals surface area contributed by atoms with Crippen LogP contribution in [0.25, 0.3) is 6.08 Å². The fourth-order valence-corrected chi connectivity index (χ4v) is 3.63. The highest BCUT2D eigenvalue weighted by atomic mass is 16.1. The SMILES string of the molecule is CCCCCCc1ccc(/C=C(\C#N)C(=O)NC(c2ccccc2)C2CC2)cc1. The Bertz CT molecular complexity index is 858. The van der Waals surface area contributed by atoms with Crippen LogP contribution in [0.5, 0.6) is 0 Å². The summed E-state index contributed by atoms with van der Waals surface area (Å²) in [6.45, 7) is 2.22. The third-order valence-electron chi connectivity index (χ3n) is 5.51. The Morgan fingerprint density at radius 1 is 1.10 bits per heavy atom. The van der Waals surface area contributed by atoms with Crippen LogP contribution in [0.1, 0.15) is 68.2 Å². The van der Waals surface area contributed by atoms with Crippen molar-refractivity contribution >= 4 is 12.0 Å². The van der Waals surface area contributed by atoms with Crippen molar-refractivity contribution in [2.45, 2.75) is 57.9 Å². The van der Waals surface area contributed by atoms with E-state index in [9.17, 15) is 10.1 Å². The van der Waals surface area contributed by atoms with Crippen LogP contribution < -0.4 is 5.32 Å². The quantitative estimate of drug-likeness (QED) is 0.310. The maximum absolute atomic E-state index is 12.8. The molecule has 3 rings (SSSR count). The largest absolute Gasteiger partial charge is 0.344 e. The highest BCUT2D eigenvalue weighted by Gasteiger charge is 2.33. The number of amides is 1. The third-order valence-corrected chi connectivity index (χ3v) is 5.51. The molecule has 2 aromatic carbocycles. The lowest BCUT2D eigenvalue weighted by Gasteiger charge is -2.18. The standard InChI is InChI=1S/C26H30N2O/c1-2-3-4-6-9-20-12-14-21(15-13-20)18-24(19-27)26(29)28-25(23-16-17-23)22-10-7-5-8-11-22/h5,7-8,10-15,18,23,25H,2-4,6,9,16-17H2,1H3,(H,28,29)/b24-18+. The van der Waals surface area contributed by atoms with Crippen LogP contribution in [-0.2, 0) is 11.2 Å². The van der Waals surface area contributed by atoms with E-state index in [1.165, 1.54) is 31.2 Å². The van der Waals surface area contributed by atoms with Gasteiger partial charge in [-0.3, -0.25) is 4.79 Å². The lowest BCUT2D eigenvalue weighted by atomic mass is 10.0. The van der Waals surface area contributed by atoms with E-state index in [-0.39, 0.29) is 17.5 Å². The molecule has 0 aromatic heterocycles. The topological polar surface area (TPSA) is 52.9 Å². The molecule has 1 aliphatic carbocycles. The maximum atomic E-state index is 12.8. The molecule has 3 nitrogen and oxygen atoms in total. The van der Waals surface area contributed by atoms with Crippen molar-refractivity contribution in [3.8, 4) is 6.07 Å². The van der Waals surface area contributed by atoms with Crippen LogP contribution in [0, 0.1) is 17.2 Å². The van der Waals surface area contributed by atoms with Gasteiger partial charge in [-0.25, -0.2) is 0 Å². The second kappa shape index (κ2) is 10.6. The molecule has 1 fully saturated rings. The lowest BCUT2D eigenvalue weighted by molar-refractivity contribution is -0.117. The molecular formula is C26H30N2O. The number of carbonyl (C=O) groups excluding carboxylic acids is 1. The van der Waals surface area contributed by atoms with E-state index in [0.29, 0.717) is 5.92 Å². The van der Waals surface area contributed by atoms with E-state index in [0.717, 1.165) is 30.4 Å². The molecule has 0 saturated heterocycles. The van der Waals surface area contributed by atoms with Gasteiger partial charge in [0.15, 0.2) is 0 Å². The molecule has 0 bridgehead atoms. The van der Waals surface area contributed by atoms with Crippen molar-refractivity contribution in [3.05, 3.63) is 76.9 Å². The summed E-state index contributed by atoms with van der Waals surface area (Å²) in [5.74, 6) is 0.171. The summed E-state index contributed by atoms with van der Waals surface area (Å²) in [5, 5.41) is 12.6. The zero-order valence-electron chi connectivity index (χ0n) is 17.2. The molecular weight excluding hydrogens is 356 g/mol. The Morgan fingerprint density at radius 2 is 1.83 bits per heavy atom. The summed E-state index contributed by atoms with van der Waals surface area (Å²) in [6.07, 6.45) is 10.00. The fourth-order valence-electron chi connectivity index (χ4n) is 3.63. The highest BCUT2D eigenvalue weighted by molar-refractivity contribution is 6.01. The Hall–Kier alpha value is -2.86. The van der Waals surface area contributed by atoms with Gasteiger partial charge in [-0.2, -0.15) is 5.26 Å². The van der Waals surface area contributed by atoms with Crippen molar-refractivity contribution < 1.29 is 4.79 Å². The average molecular weight is 387 g/mol. The minimum atomic E-state index is -0.295. The smallest absolute Gasteiger partial charge is 0.262 e. The first kappa shape index (κ1) is 20.9. The summed E-state index contributed by atoms with van der Waals surface area (Å²) in [6, 6.07) is 20.3. The number of benzene rings is 2. The monoisotopic (exact) mass is 386 g/mol. The molecule has 1 N–H and O–H groups in total. The van der Waals surface area contributed by atoms with Crippen LogP contribution in [-0.4, -0.2) is 5.91 Å². The molecule has 0 heterocycles.